The topological polar surface area (TPSA) is 90.2 Å². The molecule has 0 radical (unpaired) electrons. The van der Waals surface area contributed by atoms with Gasteiger partial charge in [-0.15, -0.1) is 0 Å². The van der Waals surface area contributed by atoms with Crippen molar-refractivity contribution in [2.45, 2.75) is 31.8 Å². The number of sulfonamides is 1. The summed E-state index contributed by atoms with van der Waals surface area (Å²) in [6, 6.07) is 10.5. The molecule has 3 rings (SSSR count). The van der Waals surface area contributed by atoms with Crippen molar-refractivity contribution in [1.82, 2.24) is 9.13 Å². The smallest absolute Gasteiger partial charge is 0.302 e. The number of nitrogens with zero attached hydrogens (tertiary/aromatic N) is 2. The van der Waals surface area contributed by atoms with E-state index in [9.17, 15) is 18.0 Å². The highest BCUT2D eigenvalue weighted by atomic mass is 35.5. The van der Waals surface area contributed by atoms with Gasteiger partial charge in [0, 0.05) is 18.1 Å². The third-order valence-corrected chi connectivity index (χ3v) is 5.89. The van der Waals surface area contributed by atoms with Gasteiger partial charge in [0.25, 0.3) is 10.0 Å². The lowest BCUT2D eigenvalue weighted by molar-refractivity contribution is 0.601. The molecule has 3 aromatic rings. The average molecular weight is 408 g/mol. The summed E-state index contributed by atoms with van der Waals surface area (Å²) in [5.74, 6) is 0. The summed E-state index contributed by atoms with van der Waals surface area (Å²) >= 11 is 5.80. The molecule has 0 spiro atoms. The Hall–Kier alpha value is -2.58. The van der Waals surface area contributed by atoms with Gasteiger partial charge in [-0.25, -0.2) is 8.42 Å². The summed E-state index contributed by atoms with van der Waals surface area (Å²) in [7, 11) is -3.82. The predicted molar refractivity (Wildman–Crippen MR) is 106 cm³/mol. The molecule has 0 aliphatic rings. The Bertz CT molecular complexity index is 1230. The molecule has 0 bridgehead atoms. The molecule has 0 fully saturated rings. The Balaban J connectivity index is 2.14. The van der Waals surface area contributed by atoms with Crippen LogP contribution in [-0.2, 0) is 23.1 Å². The molecule has 1 aromatic heterocycles. The number of nitrogens with one attached hydrogen (secondary N) is 1. The molecule has 142 valence electrons. The number of hydrogen-bond acceptors (Lipinski definition) is 4. The third kappa shape index (κ3) is 3.50. The molecule has 0 saturated heterocycles. The lowest BCUT2D eigenvalue weighted by Gasteiger charge is -2.15. The molecule has 1 N–H and O–H groups in total. The molecule has 0 amide bonds. The first-order chi connectivity index (χ1) is 12.8. The molecule has 9 heteroatoms. The number of rotatable bonds is 5. The van der Waals surface area contributed by atoms with Gasteiger partial charge >= 0.3 is 11.1 Å². The van der Waals surface area contributed by atoms with Crippen molar-refractivity contribution in [2.24, 2.45) is 0 Å². The maximum Gasteiger partial charge on any atom is 0.316 e. The first-order valence-corrected chi connectivity index (χ1v) is 10.2. The van der Waals surface area contributed by atoms with Crippen LogP contribution in [-0.4, -0.2) is 17.6 Å². The summed E-state index contributed by atoms with van der Waals surface area (Å²) < 4.78 is 30.3. The fraction of sp³-hybridized carbons (Fsp3) is 0.222. The zero-order chi connectivity index (χ0) is 19.8. The van der Waals surface area contributed by atoms with Crippen LogP contribution in [0.3, 0.4) is 0 Å². The molecular formula is C18H18ClN3O4S. The standard InChI is InChI=1S/C18H18ClN3O4S/c1-3-21-15-10-7-13(11-16(15)22(4-2)18(24)17(21)23)20-27(25,26)14-8-5-12(19)6-9-14/h5-11,20H,3-4H2,1-2H3. The van der Waals surface area contributed by atoms with Crippen LogP contribution in [0.15, 0.2) is 56.9 Å². The lowest BCUT2D eigenvalue weighted by Crippen LogP contribution is -2.41. The molecule has 0 aliphatic heterocycles. The van der Waals surface area contributed by atoms with Gasteiger partial charge in [-0.1, -0.05) is 11.6 Å². The monoisotopic (exact) mass is 407 g/mol. The highest BCUT2D eigenvalue weighted by Crippen LogP contribution is 2.22. The maximum atomic E-state index is 12.6. The molecule has 1 heterocycles. The van der Waals surface area contributed by atoms with E-state index >= 15 is 0 Å². The minimum absolute atomic E-state index is 0.0680. The van der Waals surface area contributed by atoms with E-state index < -0.39 is 21.1 Å². The number of halogens is 1. The van der Waals surface area contributed by atoms with Gasteiger partial charge in [-0.05, 0) is 56.3 Å². The minimum atomic E-state index is -3.82. The molecule has 0 atom stereocenters. The highest BCUT2D eigenvalue weighted by Gasteiger charge is 2.16. The van der Waals surface area contributed by atoms with E-state index in [2.05, 4.69) is 4.72 Å². The number of aryl methyl sites for hydroxylation is 2. The fourth-order valence-corrected chi connectivity index (χ4v) is 4.11. The second kappa shape index (κ2) is 7.21. The first-order valence-electron chi connectivity index (χ1n) is 8.34. The van der Waals surface area contributed by atoms with Gasteiger partial charge < -0.3 is 9.13 Å². The van der Waals surface area contributed by atoms with E-state index in [1.54, 1.807) is 32.0 Å². The number of aromatic nitrogens is 2. The van der Waals surface area contributed by atoms with Crippen LogP contribution < -0.4 is 15.8 Å². The Morgan fingerprint density at radius 1 is 0.889 bits per heavy atom. The van der Waals surface area contributed by atoms with Gasteiger partial charge in [-0.2, -0.15) is 0 Å². The van der Waals surface area contributed by atoms with E-state index in [-0.39, 0.29) is 4.90 Å². The zero-order valence-electron chi connectivity index (χ0n) is 14.8. The molecular weight excluding hydrogens is 390 g/mol. The van der Waals surface area contributed by atoms with Crippen LogP contribution in [0.4, 0.5) is 5.69 Å². The SMILES string of the molecule is CCn1c(=O)c(=O)n(CC)c2cc(NS(=O)(=O)c3ccc(Cl)cc3)ccc21. The number of fused-ring (bicyclic) bond motifs is 1. The average Bonchev–Trinajstić information content (AvgIpc) is 2.63. The van der Waals surface area contributed by atoms with Crippen molar-refractivity contribution in [3.05, 3.63) is 68.2 Å². The van der Waals surface area contributed by atoms with E-state index in [0.717, 1.165) is 0 Å². The van der Waals surface area contributed by atoms with Gasteiger partial charge in [0.15, 0.2) is 0 Å². The van der Waals surface area contributed by atoms with Gasteiger partial charge in [-0.3, -0.25) is 14.3 Å². The van der Waals surface area contributed by atoms with Crippen molar-refractivity contribution in [1.29, 1.82) is 0 Å². The normalized spacial score (nSPS) is 11.7. The quantitative estimate of drug-likeness (QED) is 0.658. The maximum absolute atomic E-state index is 12.6. The third-order valence-electron chi connectivity index (χ3n) is 4.24. The molecule has 2 aromatic carbocycles. The largest absolute Gasteiger partial charge is 0.316 e. The van der Waals surface area contributed by atoms with E-state index in [1.807, 2.05) is 0 Å². The minimum Gasteiger partial charge on any atom is -0.302 e. The van der Waals surface area contributed by atoms with Crippen LogP contribution in [0.5, 0.6) is 0 Å². The van der Waals surface area contributed by atoms with Crippen molar-refractivity contribution in [3.63, 3.8) is 0 Å². The molecule has 7 nitrogen and oxygen atoms in total. The van der Waals surface area contributed by atoms with Crippen molar-refractivity contribution in [2.75, 3.05) is 4.72 Å². The fourth-order valence-electron chi connectivity index (χ4n) is 2.94. The van der Waals surface area contributed by atoms with E-state index in [1.165, 1.54) is 33.4 Å². The second-order valence-electron chi connectivity index (χ2n) is 5.86. The van der Waals surface area contributed by atoms with Crippen LogP contribution in [0, 0.1) is 0 Å². The summed E-state index contributed by atoms with van der Waals surface area (Å²) in [6.45, 7) is 4.16. The van der Waals surface area contributed by atoms with E-state index in [0.29, 0.717) is 34.8 Å². The van der Waals surface area contributed by atoms with Crippen LogP contribution >= 0.6 is 11.6 Å². The Kier molecular flexibility index (Phi) is 5.12. The number of benzene rings is 2. The lowest BCUT2D eigenvalue weighted by atomic mass is 10.2. The zero-order valence-corrected chi connectivity index (χ0v) is 16.3. The summed E-state index contributed by atoms with van der Waals surface area (Å²) in [5, 5.41) is 0.434. The summed E-state index contributed by atoms with van der Waals surface area (Å²) in [5.41, 5.74) is 0.116. The van der Waals surface area contributed by atoms with Gasteiger partial charge in [0.2, 0.25) is 0 Å². The first kappa shape index (κ1) is 19.2. The summed E-state index contributed by atoms with van der Waals surface area (Å²) in [4.78, 5) is 24.6. The molecule has 0 saturated carbocycles. The van der Waals surface area contributed by atoms with Crippen LogP contribution in [0.2, 0.25) is 5.02 Å². The van der Waals surface area contributed by atoms with Crippen LogP contribution in [0.25, 0.3) is 11.0 Å². The van der Waals surface area contributed by atoms with Gasteiger partial charge in [0.1, 0.15) is 0 Å². The van der Waals surface area contributed by atoms with Crippen molar-refractivity contribution in [3.8, 4) is 0 Å². The Morgan fingerprint density at radius 2 is 1.44 bits per heavy atom. The predicted octanol–water partition coefficient (Wildman–Crippen LogP) is 2.66. The van der Waals surface area contributed by atoms with Crippen LogP contribution in [0.1, 0.15) is 13.8 Å². The van der Waals surface area contributed by atoms with Crippen molar-refractivity contribution < 1.29 is 8.42 Å². The summed E-state index contributed by atoms with van der Waals surface area (Å²) in [6.07, 6.45) is 0. The Morgan fingerprint density at radius 3 is 2.00 bits per heavy atom. The highest BCUT2D eigenvalue weighted by molar-refractivity contribution is 7.92. The molecule has 27 heavy (non-hydrogen) atoms. The second-order valence-corrected chi connectivity index (χ2v) is 7.98. The molecule has 0 aliphatic carbocycles. The van der Waals surface area contributed by atoms with E-state index in [4.69, 9.17) is 11.6 Å². The molecule has 0 unspecified atom stereocenters. The number of hydrogen-bond donors (Lipinski definition) is 1. The van der Waals surface area contributed by atoms with Gasteiger partial charge in [0.05, 0.1) is 21.6 Å². The number of anilines is 1. The Labute approximate surface area is 160 Å². The van der Waals surface area contributed by atoms with Crippen molar-refractivity contribution >= 4 is 38.3 Å².